The molecule has 1 aromatic heterocycles. The number of benzene rings is 1. The van der Waals surface area contributed by atoms with Crippen molar-refractivity contribution in [2.75, 3.05) is 31.5 Å². The van der Waals surface area contributed by atoms with Gasteiger partial charge in [-0.1, -0.05) is 12.1 Å². The van der Waals surface area contributed by atoms with Gasteiger partial charge >= 0.3 is 0 Å². The molecule has 1 fully saturated rings. The Bertz CT molecular complexity index is 873. The maximum atomic E-state index is 12.7. The molecule has 2 aromatic rings. The van der Waals surface area contributed by atoms with Crippen LogP contribution in [0.4, 0.5) is 11.5 Å². The van der Waals surface area contributed by atoms with Gasteiger partial charge in [0.05, 0.1) is 0 Å². The number of hydrogen-bond donors (Lipinski definition) is 1. The van der Waals surface area contributed by atoms with Gasteiger partial charge in [0.25, 0.3) is 5.91 Å². The highest BCUT2D eigenvalue weighted by atomic mass is 16.2. The van der Waals surface area contributed by atoms with Crippen LogP contribution in [-0.4, -0.2) is 58.6 Å². The van der Waals surface area contributed by atoms with Crippen LogP contribution in [0.15, 0.2) is 42.6 Å². The molecule has 0 saturated carbocycles. The van der Waals surface area contributed by atoms with Crippen LogP contribution in [0.2, 0.25) is 0 Å². The molecule has 1 aliphatic rings. The highest BCUT2D eigenvalue weighted by molar-refractivity contribution is 5.96. The van der Waals surface area contributed by atoms with E-state index in [1.807, 2.05) is 6.07 Å². The summed E-state index contributed by atoms with van der Waals surface area (Å²) >= 11 is 0. The van der Waals surface area contributed by atoms with Crippen LogP contribution in [0.25, 0.3) is 0 Å². The zero-order chi connectivity index (χ0) is 19.4. The number of amides is 2. The number of aromatic nitrogens is 1. The molecule has 0 spiro atoms. The molecule has 0 radical (unpaired) electrons. The third kappa shape index (κ3) is 4.49. The number of rotatable bonds is 4. The quantitative estimate of drug-likeness (QED) is 0.840. The molecule has 0 aliphatic carbocycles. The Morgan fingerprint density at radius 2 is 1.63 bits per heavy atom. The number of carbonyl (C=O) groups excluding carboxylic acids is 3. The summed E-state index contributed by atoms with van der Waals surface area (Å²) in [6.07, 6.45) is 1.58. The second kappa shape index (κ2) is 7.99. The Hall–Kier alpha value is -3.22. The molecule has 1 aromatic carbocycles. The monoisotopic (exact) mass is 366 g/mol. The summed E-state index contributed by atoms with van der Waals surface area (Å²) in [5, 5.41) is 3.13. The van der Waals surface area contributed by atoms with E-state index in [1.54, 1.807) is 53.3 Å². The summed E-state index contributed by atoms with van der Waals surface area (Å²) in [5.74, 6) is 0.468. The molecule has 0 unspecified atom stereocenters. The number of nitrogens with one attached hydrogen (secondary N) is 1. The van der Waals surface area contributed by atoms with Gasteiger partial charge in [0, 0.05) is 56.1 Å². The van der Waals surface area contributed by atoms with E-state index in [0.717, 1.165) is 5.69 Å². The van der Waals surface area contributed by atoms with Crippen LogP contribution in [0, 0.1) is 0 Å². The first kappa shape index (κ1) is 18.6. The summed E-state index contributed by atoms with van der Waals surface area (Å²) in [6, 6.07) is 10.5. The van der Waals surface area contributed by atoms with Crippen LogP contribution in [0.1, 0.15) is 34.6 Å². The number of piperazine rings is 1. The lowest BCUT2D eigenvalue weighted by molar-refractivity contribution is -0.130. The lowest BCUT2D eigenvalue weighted by Crippen LogP contribution is -2.50. The molecule has 2 amide bonds. The summed E-state index contributed by atoms with van der Waals surface area (Å²) in [4.78, 5) is 43.4. The zero-order valence-electron chi connectivity index (χ0n) is 15.4. The highest BCUT2D eigenvalue weighted by Crippen LogP contribution is 2.18. The molecule has 2 heterocycles. The van der Waals surface area contributed by atoms with Crippen LogP contribution >= 0.6 is 0 Å². The van der Waals surface area contributed by atoms with Gasteiger partial charge in [-0.25, -0.2) is 4.98 Å². The van der Waals surface area contributed by atoms with Crippen molar-refractivity contribution >= 4 is 29.1 Å². The molecule has 7 heteroatoms. The van der Waals surface area contributed by atoms with Crippen molar-refractivity contribution in [1.29, 1.82) is 0 Å². The van der Waals surface area contributed by atoms with Gasteiger partial charge in [0.15, 0.2) is 5.78 Å². The normalized spacial score (nSPS) is 14.0. The Balaban J connectivity index is 1.70. The van der Waals surface area contributed by atoms with Crippen LogP contribution < -0.4 is 5.32 Å². The second-order valence-electron chi connectivity index (χ2n) is 6.49. The Kier molecular flexibility index (Phi) is 5.49. The predicted octanol–water partition coefficient (Wildman–Crippen LogP) is 2.33. The van der Waals surface area contributed by atoms with E-state index >= 15 is 0 Å². The van der Waals surface area contributed by atoms with Crippen LogP contribution in [0.3, 0.4) is 0 Å². The molecule has 0 bridgehead atoms. The van der Waals surface area contributed by atoms with Gasteiger partial charge in [0.2, 0.25) is 5.91 Å². The number of hydrogen-bond acceptors (Lipinski definition) is 5. The molecule has 7 nitrogen and oxygen atoms in total. The second-order valence-corrected chi connectivity index (χ2v) is 6.49. The first-order chi connectivity index (χ1) is 12.9. The third-order valence-corrected chi connectivity index (χ3v) is 4.56. The SMILES string of the molecule is CC(=O)c1cccc(Nc2cc(C(=O)N3CCN(C(C)=O)CC3)ccn2)c1. The maximum absolute atomic E-state index is 12.7. The first-order valence-corrected chi connectivity index (χ1v) is 8.83. The minimum absolute atomic E-state index is 0.0137. The smallest absolute Gasteiger partial charge is 0.254 e. The summed E-state index contributed by atoms with van der Waals surface area (Å²) < 4.78 is 0. The number of Topliss-reactive ketones (excluding diaryl/α,β-unsaturated/α-hetero) is 1. The lowest BCUT2D eigenvalue weighted by Gasteiger charge is -2.34. The molecule has 1 N–H and O–H groups in total. The van der Waals surface area contributed by atoms with Crippen molar-refractivity contribution in [3.8, 4) is 0 Å². The third-order valence-electron chi connectivity index (χ3n) is 4.56. The number of pyridine rings is 1. The predicted molar refractivity (Wildman–Crippen MR) is 102 cm³/mol. The molecular weight excluding hydrogens is 344 g/mol. The Morgan fingerprint density at radius 3 is 2.30 bits per heavy atom. The topological polar surface area (TPSA) is 82.6 Å². The summed E-state index contributed by atoms with van der Waals surface area (Å²) in [7, 11) is 0. The van der Waals surface area contributed by atoms with Crippen molar-refractivity contribution in [2.45, 2.75) is 13.8 Å². The first-order valence-electron chi connectivity index (χ1n) is 8.83. The number of nitrogens with zero attached hydrogens (tertiary/aromatic N) is 3. The summed E-state index contributed by atoms with van der Waals surface area (Å²) in [6.45, 7) is 5.19. The van der Waals surface area contributed by atoms with Gasteiger partial charge in [-0.3, -0.25) is 14.4 Å². The van der Waals surface area contributed by atoms with E-state index in [1.165, 1.54) is 6.92 Å². The van der Waals surface area contributed by atoms with Crippen molar-refractivity contribution in [2.24, 2.45) is 0 Å². The van der Waals surface area contributed by atoms with Gasteiger partial charge in [-0.15, -0.1) is 0 Å². The van der Waals surface area contributed by atoms with E-state index in [4.69, 9.17) is 0 Å². The van der Waals surface area contributed by atoms with Crippen LogP contribution in [0.5, 0.6) is 0 Å². The molecular formula is C20H22N4O3. The largest absolute Gasteiger partial charge is 0.340 e. The van der Waals surface area contributed by atoms with Crippen molar-refractivity contribution < 1.29 is 14.4 Å². The van der Waals surface area contributed by atoms with E-state index < -0.39 is 0 Å². The molecule has 3 rings (SSSR count). The number of ketones is 1. The minimum Gasteiger partial charge on any atom is -0.340 e. The maximum Gasteiger partial charge on any atom is 0.254 e. The Morgan fingerprint density at radius 1 is 0.926 bits per heavy atom. The van der Waals surface area contributed by atoms with Gasteiger partial charge in [-0.2, -0.15) is 0 Å². The number of anilines is 2. The van der Waals surface area contributed by atoms with Crippen LogP contribution in [-0.2, 0) is 4.79 Å². The van der Waals surface area contributed by atoms with Gasteiger partial charge in [-0.05, 0) is 31.2 Å². The van der Waals surface area contributed by atoms with Crippen molar-refractivity contribution in [3.05, 3.63) is 53.7 Å². The van der Waals surface area contributed by atoms with Crippen molar-refractivity contribution in [3.63, 3.8) is 0 Å². The fourth-order valence-corrected chi connectivity index (χ4v) is 3.00. The van der Waals surface area contributed by atoms with E-state index in [-0.39, 0.29) is 17.6 Å². The highest BCUT2D eigenvalue weighted by Gasteiger charge is 2.23. The van der Waals surface area contributed by atoms with E-state index in [2.05, 4.69) is 10.3 Å². The minimum atomic E-state index is -0.0823. The molecule has 0 atom stereocenters. The van der Waals surface area contributed by atoms with Gasteiger partial charge < -0.3 is 15.1 Å². The fourth-order valence-electron chi connectivity index (χ4n) is 3.00. The zero-order valence-corrected chi connectivity index (χ0v) is 15.4. The van der Waals surface area contributed by atoms with Crippen molar-refractivity contribution in [1.82, 2.24) is 14.8 Å². The standard InChI is InChI=1S/C20H22N4O3/c1-14(25)16-4-3-5-18(12-16)22-19-13-17(6-7-21-19)20(27)24-10-8-23(9-11-24)15(2)26/h3-7,12-13H,8-11H2,1-2H3,(H,21,22). The average molecular weight is 366 g/mol. The Labute approximate surface area is 158 Å². The van der Waals surface area contributed by atoms with E-state index in [9.17, 15) is 14.4 Å². The molecule has 1 aliphatic heterocycles. The molecule has 1 saturated heterocycles. The molecule has 27 heavy (non-hydrogen) atoms. The lowest BCUT2D eigenvalue weighted by atomic mass is 10.1. The van der Waals surface area contributed by atoms with Gasteiger partial charge in [0.1, 0.15) is 5.82 Å². The van der Waals surface area contributed by atoms with E-state index in [0.29, 0.717) is 43.1 Å². The summed E-state index contributed by atoms with van der Waals surface area (Å²) in [5.41, 5.74) is 1.87. The molecule has 140 valence electrons. The number of carbonyl (C=O) groups is 3. The fraction of sp³-hybridized carbons (Fsp3) is 0.300. The average Bonchev–Trinajstić information content (AvgIpc) is 2.68.